The molecule has 0 rings (SSSR count). The summed E-state index contributed by atoms with van der Waals surface area (Å²) in [6.07, 6.45) is 0. The van der Waals surface area contributed by atoms with Gasteiger partial charge in [0.25, 0.3) is 0 Å². The third-order valence-electron chi connectivity index (χ3n) is 0. The second-order valence-corrected chi connectivity index (χ2v) is 0.0745. The molecule has 0 heterocycles. The van der Waals surface area contributed by atoms with Crippen molar-refractivity contribution in [3.05, 3.63) is 10.1 Å². The standard InChI is InChI=1S/HNO2.H3N.Ti/c2-1-3;;/h(H,2,3);1H3;/p-1. The van der Waals surface area contributed by atoms with E-state index in [4.69, 9.17) is 10.1 Å². The summed E-state index contributed by atoms with van der Waals surface area (Å²) >= 11 is 0. The first-order valence-electron chi connectivity index (χ1n) is 0.365. The molecule has 0 aromatic carbocycles. The van der Waals surface area contributed by atoms with E-state index in [1.807, 2.05) is 0 Å². The predicted octanol–water partition coefficient (Wildman–Crippen LogP) is 0.410. The van der Waals surface area contributed by atoms with E-state index in [1.165, 1.54) is 0 Å². The van der Waals surface area contributed by atoms with Gasteiger partial charge < -0.3 is 16.3 Å². The Bertz CT molecular complexity index is 15.1. The Morgan fingerprint density at radius 2 is 1.60 bits per heavy atom. The molecule has 0 radical (unpaired) electrons. The summed E-state index contributed by atoms with van der Waals surface area (Å²) < 4.78 is 0. The van der Waals surface area contributed by atoms with Crippen LogP contribution < -0.4 is 6.15 Å². The second-order valence-electron chi connectivity index (χ2n) is 0.0745. The maximum absolute atomic E-state index is 8.00. The summed E-state index contributed by atoms with van der Waals surface area (Å²) in [5.41, 5.74) is 0. The zero-order valence-corrected chi connectivity index (χ0v) is 4.03. The normalized spacial score (nSPS) is 2.40. The summed E-state index contributed by atoms with van der Waals surface area (Å²) in [7, 11) is 0. The molecule has 0 unspecified atom stereocenters. The maximum Gasteiger partial charge on any atom is 0 e. The van der Waals surface area contributed by atoms with Gasteiger partial charge >= 0.3 is 0 Å². The van der Waals surface area contributed by atoms with Crippen molar-refractivity contribution in [3.63, 3.8) is 0 Å². The van der Waals surface area contributed by atoms with E-state index < -0.39 is 0 Å². The van der Waals surface area contributed by atoms with Gasteiger partial charge in [-0.1, -0.05) is 0 Å². The van der Waals surface area contributed by atoms with E-state index in [0.29, 0.717) is 0 Å². The summed E-state index contributed by atoms with van der Waals surface area (Å²) in [6.45, 7) is 0. The third-order valence-corrected chi connectivity index (χ3v) is 0. The van der Waals surface area contributed by atoms with Gasteiger partial charge in [-0.3, -0.25) is 0 Å². The van der Waals surface area contributed by atoms with Crippen molar-refractivity contribution in [3.8, 4) is 0 Å². The summed E-state index contributed by atoms with van der Waals surface area (Å²) in [6, 6.07) is 0. The SMILES string of the molecule is N.O=N[O-].[Ti]. The number of hydrogen-bond acceptors (Lipinski definition) is 4. The fraction of sp³-hybridized carbons (Fsp3) is 0. The zero-order valence-electron chi connectivity index (χ0n) is 2.47. The van der Waals surface area contributed by atoms with Crippen molar-refractivity contribution in [2.45, 2.75) is 0 Å². The van der Waals surface area contributed by atoms with Crippen LogP contribution in [0.4, 0.5) is 0 Å². The van der Waals surface area contributed by atoms with E-state index >= 15 is 0 Å². The van der Waals surface area contributed by atoms with Gasteiger partial charge in [-0.25, -0.2) is 0 Å². The number of nitrogens with zero attached hydrogens (tertiary/aromatic N) is 1. The smallest absolute Gasteiger partial charge is 0 e. The van der Waals surface area contributed by atoms with Crippen molar-refractivity contribution in [2.24, 2.45) is 5.34 Å². The summed E-state index contributed by atoms with van der Waals surface area (Å²) in [5, 5.41) is 9.00. The molecule has 0 saturated heterocycles. The van der Waals surface area contributed by atoms with E-state index in [0.717, 1.165) is 5.34 Å². The van der Waals surface area contributed by atoms with Crippen LogP contribution in [0.3, 0.4) is 0 Å². The summed E-state index contributed by atoms with van der Waals surface area (Å²) in [4.78, 5) is 8.00. The molecule has 0 bridgehead atoms. The molecule has 0 atom stereocenters. The Labute approximate surface area is 44.0 Å². The van der Waals surface area contributed by atoms with Gasteiger partial charge in [-0.15, -0.1) is 5.34 Å². The quantitative estimate of drug-likeness (QED) is 0.279. The Morgan fingerprint density at radius 3 is 1.60 bits per heavy atom. The van der Waals surface area contributed by atoms with Gasteiger partial charge in [0.1, 0.15) is 0 Å². The van der Waals surface area contributed by atoms with Crippen LogP contribution in [-0.2, 0) is 21.7 Å². The molecule has 4 nitrogen and oxygen atoms in total. The largest absolute Gasteiger partial charge is 0.444 e. The van der Waals surface area contributed by atoms with Gasteiger partial charge in [0.05, 0.1) is 0 Å². The first-order chi connectivity index (χ1) is 1.41. The van der Waals surface area contributed by atoms with Crippen LogP contribution in [0.1, 0.15) is 0 Å². The average molecular weight is 111 g/mol. The fourth-order valence-corrected chi connectivity index (χ4v) is 0. The van der Waals surface area contributed by atoms with Crippen LogP contribution in [0.25, 0.3) is 0 Å². The van der Waals surface area contributed by atoms with Crippen LogP contribution in [0, 0.1) is 10.1 Å². The summed E-state index contributed by atoms with van der Waals surface area (Å²) in [5.74, 6) is 0. The monoisotopic (exact) mass is 111 g/mol. The molecule has 0 saturated carbocycles. The molecule has 0 aromatic heterocycles. The van der Waals surface area contributed by atoms with E-state index in [-0.39, 0.29) is 27.9 Å². The molecule has 0 amide bonds. The molecule has 0 aromatic rings. The van der Waals surface area contributed by atoms with Crippen molar-refractivity contribution in [1.29, 1.82) is 0 Å². The Morgan fingerprint density at radius 1 is 1.60 bits per heavy atom. The average Bonchev–Trinajstić information content (AvgIpc) is 0.918. The van der Waals surface area contributed by atoms with Gasteiger partial charge in [-0.05, 0) is 0 Å². The Kier molecular flexibility index (Phi) is 131. The molecule has 3 N–H and O–H groups in total. The topological polar surface area (TPSA) is 87.5 Å². The van der Waals surface area contributed by atoms with E-state index in [9.17, 15) is 0 Å². The molecule has 0 aliphatic heterocycles. The van der Waals surface area contributed by atoms with Crippen LogP contribution in [0.2, 0.25) is 0 Å². The number of rotatable bonds is 0. The van der Waals surface area contributed by atoms with E-state index in [2.05, 4.69) is 0 Å². The zero-order chi connectivity index (χ0) is 2.71. The van der Waals surface area contributed by atoms with Crippen LogP contribution in [0.15, 0.2) is 5.34 Å². The molecule has 0 fully saturated rings. The van der Waals surface area contributed by atoms with E-state index in [1.54, 1.807) is 0 Å². The minimum absolute atomic E-state index is 0. The van der Waals surface area contributed by atoms with Crippen molar-refractivity contribution < 1.29 is 21.7 Å². The van der Waals surface area contributed by atoms with Gasteiger partial charge in [0, 0.05) is 21.7 Å². The van der Waals surface area contributed by atoms with Gasteiger partial charge in [-0.2, -0.15) is 0 Å². The van der Waals surface area contributed by atoms with Crippen LogP contribution in [0.5, 0.6) is 0 Å². The molecule has 0 aliphatic rings. The second kappa shape index (κ2) is 33.4. The maximum atomic E-state index is 8.00. The molecular formula is H3N2O2Ti-. The molecule has 0 aliphatic carbocycles. The Hall–Kier alpha value is 0.0743. The van der Waals surface area contributed by atoms with Crippen molar-refractivity contribution in [2.75, 3.05) is 0 Å². The number of hydrogen-bond donors (Lipinski definition) is 1. The van der Waals surface area contributed by atoms with Crippen molar-refractivity contribution in [1.82, 2.24) is 6.15 Å². The molecule has 5 heavy (non-hydrogen) atoms. The molecule has 0 spiro atoms. The molecule has 30 valence electrons. The minimum Gasteiger partial charge on any atom is -0.444 e. The minimum atomic E-state index is 0. The Balaban J connectivity index is -0.0000000200. The van der Waals surface area contributed by atoms with Crippen LogP contribution >= 0.6 is 0 Å². The van der Waals surface area contributed by atoms with Crippen LogP contribution in [-0.4, -0.2) is 0 Å². The molecule has 5 heteroatoms. The third kappa shape index (κ3) is 3180. The predicted molar refractivity (Wildman–Crippen MR) is 14.2 cm³/mol. The first kappa shape index (κ1) is 19.6. The van der Waals surface area contributed by atoms with Crippen molar-refractivity contribution >= 4 is 0 Å². The van der Waals surface area contributed by atoms with Gasteiger partial charge in [0.15, 0.2) is 0 Å². The first-order valence-corrected chi connectivity index (χ1v) is 0.365. The molecular weight excluding hydrogens is 108 g/mol. The van der Waals surface area contributed by atoms with Gasteiger partial charge in [0.2, 0.25) is 0 Å². The fourth-order valence-electron chi connectivity index (χ4n) is 0.